The van der Waals surface area contributed by atoms with Gasteiger partial charge in [-0.1, -0.05) is 0 Å². The van der Waals surface area contributed by atoms with Crippen molar-refractivity contribution in [1.82, 2.24) is 0 Å². The number of carbonyl (C=O) groups is 1. The molecule has 3 atom stereocenters. The van der Waals surface area contributed by atoms with Crippen LogP contribution in [0.4, 0.5) is 4.39 Å². The Morgan fingerprint density at radius 1 is 1.92 bits per heavy atom. The summed E-state index contributed by atoms with van der Waals surface area (Å²) in [4.78, 5) is 10.9. The van der Waals surface area contributed by atoms with Gasteiger partial charge in [-0.15, -0.1) is 0 Å². The van der Waals surface area contributed by atoms with Crippen LogP contribution in [0.15, 0.2) is 0 Å². The predicted octanol–water partition coefficient (Wildman–Crippen LogP) is 1.38. The molecule has 3 nitrogen and oxygen atoms in total. The van der Waals surface area contributed by atoms with E-state index in [1.165, 1.54) is 0 Å². The molecule has 13 heavy (non-hydrogen) atoms. The summed E-state index contributed by atoms with van der Waals surface area (Å²) < 4.78 is 16.1. The topological polar surface area (TPSA) is 46.5 Å². The van der Waals surface area contributed by atoms with E-state index in [2.05, 4.69) is 20.7 Å². The number of aliphatic hydroxyl groups is 1. The fourth-order valence-corrected chi connectivity index (χ4v) is 1.71. The molecule has 1 saturated carbocycles. The maximum Gasteiger partial charge on any atom is 0.334 e. The van der Waals surface area contributed by atoms with Crippen LogP contribution in [0.2, 0.25) is 0 Å². The minimum absolute atomic E-state index is 0.126. The van der Waals surface area contributed by atoms with Gasteiger partial charge in [0.1, 0.15) is 0 Å². The van der Waals surface area contributed by atoms with Gasteiger partial charge in [0.25, 0.3) is 0 Å². The zero-order valence-corrected chi connectivity index (χ0v) is 8.88. The molecule has 0 amide bonds. The maximum atomic E-state index is 12.9. The van der Waals surface area contributed by atoms with Crippen LogP contribution in [-0.4, -0.2) is 28.4 Å². The SMILES string of the molecule is CCOC(=O)C(O)CC1CC1(F)Br. The van der Waals surface area contributed by atoms with E-state index in [0.29, 0.717) is 6.42 Å². The van der Waals surface area contributed by atoms with Crippen molar-refractivity contribution in [1.29, 1.82) is 0 Å². The first-order valence-corrected chi connectivity index (χ1v) is 4.99. The van der Waals surface area contributed by atoms with E-state index >= 15 is 0 Å². The predicted molar refractivity (Wildman–Crippen MR) is 48.1 cm³/mol. The molecule has 0 heterocycles. The number of aliphatic hydroxyl groups excluding tert-OH is 1. The fraction of sp³-hybridized carbons (Fsp3) is 0.875. The molecule has 5 heteroatoms. The third kappa shape index (κ3) is 2.91. The maximum absolute atomic E-state index is 12.9. The van der Waals surface area contributed by atoms with E-state index in [1.54, 1.807) is 6.92 Å². The van der Waals surface area contributed by atoms with Gasteiger partial charge in [-0.25, -0.2) is 9.18 Å². The second-order valence-corrected chi connectivity index (χ2v) is 4.48. The van der Waals surface area contributed by atoms with Gasteiger partial charge < -0.3 is 9.84 Å². The lowest BCUT2D eigenvalue weighted by Crippen LogP contribution is -2.24. The number of ether oxygens (including phenoxy) is 1. The molecule has 1 aliphatic carbocycles. The Labute approximate surface area is 84.4 Å². The van der Waals surface area contributed by atoms with Crippen molar-refractivity contribution in [3.8, 4) is 0 Å². The highest BCUT2D eigenvalue weighted by atomic mass is 79.9. The normalized spacial score (nSPS) is 34.0. The van der Waals surface area contributed by atoms with Crippen molar-refractivity contribution in [2.75, 3.05) is 6.61 Å². The first-order chi connectivity index (χ1) is 5.97. The molecule has 3 unspecified atom stereocenters. The van der Waals surface area contributed by atoms with Gasteiger partial charge >= 0.3 is 5.97 Å². The highest BCUT2D eigenvalue weighted by Gasteiger charge is 2.54. The Bertz CT molecular complexity index is 208. The minimum atomic E-state index is -1.37. The van der Waals surface area contributed by atoms with Crippen molar-refractivity contribution >= 4 is 21.9 Å². The van der Waals surface area contributed by atoms with Gasteiger partial charge in [-0.05, 0) is 35.7 Å². The van der Waals surface area contributed by atoms with Gasteiger partial charge in [0.05, 0.1) is 6.61 Å². The summed E-state index contributed by atoms with van der Waals surface area (Å²) in [6, 6.07) is 0. The molecule has 0 spiro atoms. The van der Waals surface area contributed by atoms with Gasteiger partial charge in [0.2, 0.25) is 0 Å². The zero-order valence-electron chi connectivity index (χ0n) is 7.30. The standard InChI is InChI=1S/C8H12BrFO3/c1-2-13-7(12)6(11)3-5-4-8(5,9)10/h5-6,11H,2-4H2,1H3. The van der Waals surface area contributed by atoms with E-state index in [-0.39, 0.29) is 18.9 Å². The number of esters is 1. The number of halogens is 2. The Balaban J connectivity index is 2.26. The van der Waals surface area contributed by atoms with E-state index in [1.807, 2.05) is 0 Å². The molecule has 0 aromatic heterocycles. The molecular formula is C8H12BrFO3. The molecule has 0 radical (unpaired) electrons. The summed E-state index contributed by atoms with van der Waals surface area (Å²) in [7, 11) is 0. The van der Waals surface area contributed by atoms with Gasteiger partial charge in [0.15, 0.2) is 10.7 Å². The summed E-state index contributed by atoms with van der Waals surface area (Å²) in [5.74, 6) is -0.940. The monoisotopic (exact) mass is 254 g/mol. The number of hydrogen-bond acceptors (Lipinski definition) is 3. The average Bonchev–Trinajstić information content (AvgIpc) is 2.59. The van der Waals surface area contributed by atoms with E-state index < -0.39 is 16.7 Å². The van der Waals surface area contributed by atoms with Crippen molar-refractivity contribution in [3.05, 3.63) is 0 Å². The minimum Gasteiger partial charge on any atom is -0.464 e. The van der Waals surface area contributed by atoms with Crippen LogP contribution in [0.5, 0.6) is 0 Å². The van der Waals surface area contributed by atoms with Crippen molar-refractivity contribution in [2.45, 2.75) is 30.4 Å². The van der Waals surface area contributed by atoms with E-state index in [4.69, 9.17) is 0 Å². The molecule has 0 bridgehead atoms. The molecule has 76 valence electrons. The van der Waals surface area contributed by atoms with Crippen molar-refractivity contribution in [2.24, 2.45) is 5.92 Å². The summed E-state index contributed by atoms with van der Waals surface area (Å²) in [6.07, 6.45) is -0.718. The number of carbonyl (C=O) groups excluding carboxylic acids is 1. The first-order valence-electron chi connectivity index (χ1n) is 4.20. The molecule has 0 aromatic carbocycles. The molecule has 1 N–H and O–H groups in total. The van der Waals surface area contributed by atoms with Crippen molar-refractivity contribution < 1.29 is 19.0 Å². The van der Waals surface area contributed by atoms with Crippen LogP contribution < -0.4 is 0 Å². The number of hydrogen-bond donors (Lipinski definition) is 1. The smallest absolute Gasteiger partial charge is 0.334 e. The molecule has 0 saturated heterocycles. The van der Waals surface area contributed by atoms with Crippen LogP contribution in [0.25, 0.3) is 0 Å². The Hall–Kier alpha value is -0.160. The second kappa shape index (κ2) is 3.92. The van der Waals surface area contributed by atoms with Crippen LogP contribution in [0.1, 0.15) is 19.8 Å². The highest BCUT2D eigenvalue weighted by Crippen LogP contribution is 2.54. The van der Waals surface area contributed by atoms with Gasteiger partial charge in [-0.2, -0.15) is 0 Å². The largest absolute Gasteiger partial charge is 0.464 e. The van der Waals surface area contributed by atoms with Gasteiger partial charge in [-0.3, -0.25) is 0 Å². The van der Waals surface area contributed by atoms with E-state index in [0.717, 1.165) is 0 Å². The molecule has 0 aromatic rings. The fourth-order valence-electron chi connectivity index (χ4n) is 1.13. The van der Waals surface area contributed by atoms with Crippen LogP contribution in [0, 0.1) is 5.92 Å². The third-order valence-corrected chi connectivity index (χ3v) is 2.99. The Kier molecular flexibility index (Phi) is 3.29. The zero-order chi connectivity index (χ0) is 10.1. The average molecular weight is 255 g/mol. The molecular weight excluding hydrogens is 243 g/mol. The second-order valence-electron chi connectivity index (χ2n) is 3.17. The van der Waals surface area contributed by atoms with Gasteiger partial charge in [0, 0.05) is 5.92 Å². The quantitative estimate of drug-likeness (QED) is 0.609. The molecule has 1 rings (SSSR count). The summed E-state index contributed by atoms with van der Waals surface area (Å²) in [5, 5.41) is 9.23. The van der Waals surface area contributed by atoms with E-state index in [9.17, 15) is 14.3 Å². The lowest BCUT2D eigenvalue weighted by Gasteiger charge is -2.08. The first kappa shape index (κ1) is 10.9. The molecule has 1 fully saturated rings. The number of alkyl halides is 2. The lowest BCUT2D eigenvalue weighted by molar-refractivity contribution is -0.153. The summed E-state index contributed by atoms with van der Waals surface area (Å²) in [6.45, 7) is 1.89. The van der Waals surface area contributed by atoms with Crippen molar-refractivity contribution in [3.63, 3.8) is 0 Å². The molecule has 0 aliphatic heterocycles. The molecule has 1 aliphatic rings. The number of rotatable bonds is 4. The Morgan fingerprint density at radius 2 is 2.46 bits per heavy atom. The summed E-state index contributed by atoms with van der Waals surface area (Å²) >= 11 is 2.84. The van der Waals surface area contributed by atoms with Crippen LogP contribution >= 0.6 is 15.9 Å². The highest BCUT2D eigenvalue weighted by molar-refractivity contribution is 9.10. The lowest BCUT2D eigenvalue weighted by atomic mass is 10.2. The summed E-state index contributed by atoms with van der Waals surface area (Å²) in [5.41, 5.74) is 0. The third-order valence-electron chi connectivity index (χ3n) is 2.02. The van der Waals surface area contributed by atoms with Crippen LogP contribution in [0.3, 0.4) is 0 Å². The van der Waals surface area contributed by atoms with Crippen LogP contribution in [-0.2, 0) is 9.53 Å². The Morgan fingerprint density at radius 3 is 2.85 bits per heavy atom.